The average molecular weight is 228 g/mol. The highest BCUT2D eigenvalue weighted by Gasteiger charge is 2.13. The van der Waals surface area contributed by atoms with E-state index in [1.165, 1.54) is 5.56 Å². The van der Waals surface area contributed by atoms with Gasteiger partial charge in [-0.2, -0.15) is 0 Å². The zero-order valence-electron chi connectivity index (χ0n) is 10.3. The summed E-state index contributed by atoms with van der Waals surface area (Å²) in [5.74, 6) is 1.04. The van der Waals surface area contributed by atoms with Crippen molar-refractivity contribution in [2.75, 3.05) is 7.11 Å². The van der Waals surface area contributed by atoms with Gasteiger partial charge in [0.25, 0.3) is 0 Å². The van der Waals surface area contributed by atoms with Crippen molar-refractivity contribution in [3.8, 4) is 17.1 Å². The third kappa shape index (κ3) is 2.28. The number of nitrogens with zero attached hydrogens (tertiary/aromatic N) is 2. The molecule has 0 aromatic carbocycles. The third-order valence-electron chi connectivity index (χ3n) is 2.68. The zero-order valence-corrected chi connectivity index (χ0v) is 10.3. The van der Waals surface area contributed by atoms with E-state index in [1.807, 2.05) is 18.2 Å². The summed E-state index contributed by atoms with van der Waals surface area (Å²) in [7, 11) is 1.63. The average Bonchev–Trinajstić information content (AvgIpc) is 2.38. The van der Waals surface area contributed by atoms with Crippen molar-refractivity contribution in [2.45, 2.75) is 19.8 Å². The molecular weight excluding hydrogens is 212 g/mol. The predicted molar refractivity (Wildman–Crippen MR) is 68.1 cm³/mol. The molecule has 88 valence electrons. The molecule has 2 aromatic rings. The summed E-state index contributed by atoms with van der Waals surface area (Å²) in [6, 6.07) is 7.94. The summed E-state index contributed by atoms with van der Waals surface area (Å²) < 4.78 is 5.28. The lowest BCUT2D eigenvalue weighted by molar-refractivity contribution is 0.399. The van der Waals surface area contributed by atoms with E-state index in [1.54, 1.807) is 19.5 Å². The van der Waals surface area contributed by atoms with Gasteiger partial charge >= 0.3 is 0 Å². The topological polar surface area (TPSA) is 35.0 Å². The summed E-state index contributed by atoms with van der Waals surface area (Å²) in [6.45, 7) is 4.31. The Morgan fingerprint density at radius 3 is 2.47 bits per heavy atom. The van der Waals surface area contributed by atoms with Crippen molar-refractivity contribution in [3.63, 3.8) is 0 Å². The fourth-order valence-corrected chi connectivity index (χ4v) is 1.84. The van der Waals surface area contributed by atoms with Gasteiger partial charge in [0.15, 0.2) is 0 Å². The lowest BCUT2D eigenvalue weighted by Crippen LogP contribution is -1.98. The molecule has 0 bridgehead atoms. The van der Waals surface area contributed by atoms with Gasteiger partial charge in [0.1, 0.15) is 0 Å². The first-order chi connectivity index (χ1) is 8.24. The summed E-state index contributed by atoms with van der Waals surface area (Å²) in [4.78, 5) is 8.67. The molecule has 2 rings (SSSR count). The van der Waals surface area contributed by atoms with Crippen LogP contribution in [-0.2, 0) is 0 Å². The van der Waals surface area contributed by atoms with E-state index in [0.29, 0.717) is 11.8 Å². The van der Waals surface area contributed by atoms with E-state index in [0.717, 1.165) is 11.3 Å². The quantitative estimate of drug-likeness (QED) is 0.808. The monoisotopic (exact) mass is 228 g/mol. The maximum absolute atomic E-state index is 5.28. The highest BCUT2D eigenvalue weighted by Crippen LogP contribution is 2.31. The molecule has 0 aliphatic heterocycles. The van der Waals surface area contributed by atoms with Gasteiger partial charge in [0.05, 0.1) is 18.4 Å². The van der Waals surface area contributed by atoms with Crippen molar-refractivity contribution in [1.82, 2.24) is 9.97 Å². The van der Waals surface area contributed by atoms with Gasteiger partial charge in [-0.05, 0) is 29.7 Å². The summed E-state index contributed by atoms with van der Waals surface area (Å²) in [6.07, 6.45) is 3.52. The first-order valence-corrected chi connectivity index (χ1v) is 5.68. The lowest BCUT2D eigenvalue weighted by Gasteiger charge is -2.13. The summed E-state index contributed by atoms with van der Waals surface area (Å²) in [5, 5.41) is 0. The zero-order chi connectivity index (χ0) is 12.3. The molecule has 0 atom stereocenters. The number of pyridine rings is 2. The predicted octanol–water partition coefficient (Wildman–Crippen LogP) is 3.28. The smallest absolute Gasteiger partial charge is 0.222 e. The van der Waals surface area contributed by atoms with Crippen LogP contribution in [0.3, 0.4) is 0 Å². The molecule has 0 radical (unpaired) electrons. The molecule has 0 unspecified atom stereocenters. The SMILES string of the molecule is COc1ncccc1-c1ncccc1C(C)C. The van der Waals surface area contributed by atoms with E-state index in [-0.39, 0.29) is 0 Å². The van der Waals surface area contributed by atoms with Crippen LogP contribution in [-0.4, -0.2) is 17.1 Å². The minimum absolute atomic E-state index is 0.420. The van der Waals surface area contributed by atoms with Gasteiger partial charge in [-0.1, -0.05) is 19.9 Å². The number of hydrogen-bond donors (Lipinski definition) is 0. The van der Waals surface area contributed by atoms with Gasteiger partial charge in [-0.15, -0.1) is 0 Å². The Balaban J connectivity index is 2.60. The summed E-state index contributed by atoms with van der Waals surface area (Å²) in [5.41, 5.74) is 3.10. The molecule has 17 heavy (non-hydrogen) atoms. The van der Waals surface area contributed by atoms with Crippen molar-refractivity contribution < 1.29 is 4.74 Å². The standard InChI is InChI=1S/C14H16N2O/c1-10(2)11-6-4-8-15-13(11)12-7-5-9-16-14(12)17-3/h4-10H,1-3H3. The molecule has 0 N–H and O–H groups in total. The molecule has 0 spiro atoms. The Hall–Kier alpha value is -1.90. The maximum Gasteiger partial charge on any atom is 0.222 e. The van der Waals surface area contributed by atoms with Crippen LogP contribution in [0.1, 0.15) is 25.3 Å². The molecule has 0 fully saturated rings. The second-order valence-electron chi connectivity index (χ2n) is 4.16. The molecule has 2 heterocycles. The van der Waals surface area contributed by atoms with Crippen LogP contribution in [0.4, 0.5) is 0 Å². The Bertz CT molecular complexity index is 509. The van der Waals surface area contributed by atoms with E-state index >= 15 is 0 Å². The second kappa shape index (κ2) is 4.95. The van der Waals surface area contributed by atoms with Crippen molar-refractivity contribution in [3.05, 3.63) is 42.2 Å². The van der Waals surface area contributed by atoms with Crippen LogP contribution >= 0.6 is 0 Å². The number of ether oxygens (including phenoxy) is 1. The Morgan fingerprint density at radius 2 is 1.76 bits per heavy atom. The minimum Gasteiger partial charge on any atom is -0.481 e. The molecule has 3 heteroatoms. The molecule has 0 aliphatic rings. The number of aromatic nitrogens is 2. The highest BCUT2D eigenvalue weighted by molar-refractivity contribution is 5.68. The van der Waals surface area contributed by atoms with E-state index in [2.05, 4.69) is 29.9 Å². The minimum atomic E-state index is 0.420. The number of hydrogen-bond acceptors (Lipinski definition) is 3. The molecule has 0 saturated heterocycles. The summed E-state index contributed by atoms with van der Waals surface area (Å²) >= 11 is 0. The van der Waals surface area contributed by atoms with Gasteiger partial charge in [0.2, 0.25) is 5.88 Å². The normalized spacial score (nSPS) is 10.6. The van der Waals surface area contributed by atoms with Gasteiger partial charge in [-0.3, -0.25) is 4.98 Å². The molecule has 0 amide bonds. The first kappa shape index (κ1) is 11.6. The fraction of sp³-hybridized carbons (Fsp3) is 0.286. The lowest BCUT2D eigenvalue weighted by atomic mass is 9.98. The number of methoxy groups -OCH3 is 1. The van der Waals surface area contributed by atoms with E-state index in [4.69, 9.17) is 4.74 Å². The molecule has 2 aromatic heterocycles. The van der Waals surface area contributed by atoms with E-state index in [9.17, 15) is 0 Å². The molecule has 0 aliphatic carbocycles. The Morgan fingerprint density at radius 1 is 1.06 bits per heavy atom. The van der Waals surface area contributed by atoms with Crippen LogP contribution in [0.2, 0.25) is 0 Å². The number of rotatable bonds is 3. The van der Waals surface area contributed by atoms with Crippen LogP contribution in [0.5, 0.6) is 5.88 Å². The van der Waals surface area contributed by atoms with Crippen LogP contribution in [0.25, 0.3) is 11.3 Å². The van der Waals surface area contributed by atoms with Gasteiger partial charge in [-0.25, -0.2) is 4.98 Å². The molecule has 0 saturated carbocycles. The van der Waals surface area contributed by atoms with Crippen molar-refractivity contribution in [1.29, 1.82) is 0 Å². The fourth-order valence-electron chi connectivity index (χ4n) is 1.84. The van der Waals surface area contributed by atoms with Crippen LogP contribution in [0.15, 0.2) is 36.7 Å². The van der Waals surface area contributed by atoms with E-state index < -0.39 is 0 Å². The second-order valence-corrected chi connectivity index (χ2v) is 4.16. The van der Waals surface area contributed by atoms with Crippen LogP contribution < -0.4 is 4.74 Å². The van der Waals surface area contributed by atoms with Crippen molar-refractivity contribution >= 4 is 0 Å². The van der Waals surface area contributed by atoms with Gasteiger partial charge < -0.3 is 4.74 Å². The first-order valence-electron chi connectivity index (χ1n) is 5.68. The Labute approximate surface area is 102 Å². The molecular formula is C14H16N2O. The highest BCUT2D eigenvalue weighted by atomic mass is 16.5. The molecule has 3 nitrogen and oxygen atoms in total. The Kier molecular flexibility index (Phi) is 3.38. The maximum atomic E-state index is 5.28. The van der Waals surface area contributed by atoms with Gasteiger partial charge in [0, 0.05) is 12.4 Å². The third-order valence-corrected chi connectivity index (χ3v) is 2.68. The van der Waals surface area contributed by atoms with Crippen LogP contribution in [0, 0.1) is 0 Å². The largest absolute Gasteiger partial charge is 0.481 e. The van der Waals surface area contributed by atoms with Crippen molar-refractivity contribution in [2.24, 2.45) is 0 Å².